The Morgan fingerprint density at radius 2 is 1.79 bits per heavy atom. The van der Waals surface area contributed by atoms with E-state index < -0.39 is 0 Å². The van der Waals surface area contributed by atoms with Gasteiger partial charge in [-0.05, 0) is 37.6 Å². The Labute approximate surface area is 150 Å². The Bertz CT molecular complexity index is 540. The number of benzene rings is 1. The highest BCUT2D eigenvalue weighted by Gasteiger charge is 2.32. The molecule has 0 N–H and O–H groups in total. The second-order valence-electron chi connectivity index (χ2n) is 6.84. The Balaban J connectivity index is 1.53. The molecular weight excluding hydrogens is 318 g/mol. The topological polar surface area (TPSA) is 26.8 Å². The number of aryl methyl sites for hydroxylation is 1. The van der Waals surface area contributed by atoms with E-state index >= 15 is 0 Å². The lowest BCUT2D eigenvalue weighted by Gasteiger charge is -2.33. The summed E-state index contributed by atoms with van der Waals surface area (Å²) >= 11 is 1.77. The molecule has 1 unspecified atom stereocenters. The van der Waals surface area contributed by atoms with Gasteiger partial charge in [-0.25, -0.2) is 0 Å². The Morgan fingerprint density at radius 3 is 2.46 bits per heavy atom. The molecule has 0 spiro atoms. The molecule has 3 rings (SSSR count). The second kappa shape index (κ2) is 8.37. The van der Waals surface area contributed by atoms with E-state index in [1.54, 1.807) is 11.8 Å². The van der Waals surface area contributed by atoms with Crippen LogP contribution in [0.15, 0.2) is 24.3 Å². The van der Waals surface area contributed by atoms with Crippen molar-refractivity contribution in [2.75, 3.05) is 52.1 Å². The standard InChI is InChI=1S/C19H29N3OS/c1-3-16-5-7-17(8-6-16)19-22(18(23)15-24-19)10-4-9-21-13-11-20(2)12-14-21/h5-8,19H,3-4,9-15H2,1-2H3. The zero-order valence-corrected chi connectivity index (χ0v) is 15.7. The van der Waals surface area contributed by atoms with Crippen molar-refractivity contribution in [3.8, 4) is 0 Å². The third-order valence-electron chi connectivity index (χ3n) is 5.11. The highest BCUT2D eigenvalue weighted by atomic mass is 32.2. The first-order chi connectivity index (χ1) is 11.7. The predicted octanol–water partition coefficient (Wildman–Crippen LogP) is 2.46. The first-order valence-electron chi connectivity index (χ1n) is 9.08. The summed E-state index contributed by atoms with van der Waals surface area (Å²) < 4.78 is 0. The van der Waals surface area contributed by atoms with Crippen LogP contribution in [0.1, 0.15) is 29.8 Å². The smallest absolute Gasteiger partial charge is 0.233 e. The minimum Gasteiger partial charge on any atom is -0.326 e. The normalized spacial score (nSPS) is 23.2. The molecule has 0 saturated carbocycles. The molecule has 0 aromatic heterocycles. The van der Waals surface area contributed by atoms with Crippen molar-refractivity contribution >= 4 is 17.7 Å². The molecule has 5 heteroatoms. The molecule has 2 aliphatic rings. The monoisotopic (exact) mass is 347 g/mol. The molecular formula is C19H29N3OS. The average Bonchev–Trinajstić information content (AvgIpc) is 2.98. The molecule has 2 saturated heterocycles. The van der Waals surface area contributed by atoms with E-state index in [1.807, 2.05) is 0 Å². The van der Waals surface area contributed by atoms with Crippen LogP contribution >= 0.6 is 11.8 Å². The van der Waals surface area contributed by atoms with Gasteiger partial charge in [0.05, 0.1) is 5.75 Å². The largest absolute Gasteiger partial charge is 0.326 e. The number of hydrogen-bond donors (Lipinski definition) is 0. The number of piperazine rings is 1. The highest BCUT2D eigenvalue weighted by Crippen LogP contribution is 2.38. The Hall–Kier alpha value is -1.04. The number of thioether (sulfide) groups is 1. The molecule has 24 heavy (non-hydrogen) atoms. The van der Waals surface area contributed by atoms with Gasteiger partial charge in [0.15, 0.2) is 0 Å². The van der Waals surface area contributed by atoms with Gasteiger partial charge in [0.1, 0.15) is 5.37 Å². The summed E-state index contributed by atoms with van der Waals surface area (Å²) in [5.41, 5.74) is 2.62. The maximum Gasteiger partial charge on any atom is 0.233 e. The number of carbonyl (C=O) groups is 1. The number of hydrogen-bond acceptors (Lipinski definition) is 4. The molecule has 1 amide bonds. The molecule has 1 aromatic rings. The van der Waals surface area contributed by atoms with E-state index in [9.17, 15) is 4.79 Å². The summed E-state index contributed by atoms with van der Waals surface area (Å²) in [7, 11) is 2.19. The lowest BCUT2D eigenvalue weighted by atomic mass is 10.1. The third-order valence-corrected chi connectivity index (χ3v) is 6.37. The van der Waals surface area contributed by atoms with Crippen LogP contribution in [0.4, 0.5) is 0 Å². The summed E-state index contributed by atoms with van der Waals surface area (Å²) in [6.45, 7) is 8.77. The van der Waals surface area contributed by atoms with E-state index in [0.29, 0.717) is 11.7 Å². The second-order valence-corrected chi connectivity index (χ2v) is 7.91. The fourth-order valence-corrected chi connectivity index (χ4v) is 4.64. The fraction of sp³-hybridized carbons (Fsp3) is 0.632. The number of carbonyl (C=O) groups excluding carboxylic acids is 1. The highest BCUT2D eigenvalue weighted by molar-refractivity contribution is 8.00. The van der Waals surface area contributed by atoms with E-state index in [1.165, 1.54) is 11.1 Å². The molecule has 1 aromatic carbocycles. The molecule has 1 atom stereocenters. The minimum atomic E-state index is 0.205. The van der Waals surface area contributed by atoms with Crippen LogP contribution < -0.4 is 0 Å². The van der Waals surface area contributed by atoms with Crippen molar-refractivity contribution in [2.45, 2.75) is 25.1 Å². The van der Waals surface area contributed by atoms with Crippen LogP contribution in [0, 0.1) is 0 Å². The van der Waals surface area contributed by atoms with Gasteiger partial charge >= 0.3 is 0 Å². The maximum atomic E-state index is 12.3. The third kappa shape index (κ3) is 4.32. The van der Waals surface area contributed by atoms with E-state index in [2.05, 4.69) is 52.9 Å². The Morgan fingerprint density at radius 1 is 1.08 bits per heavy atom. The van der Waals surface area contributed by atoms with Crippen LogP contribution in [0.5, 0.6) is 0 Å². The lowest BCUT2D eigenvalue weighted by Crippen LogP contribution is -2.45. The zero-order chi connectivity index (χ0) is 16.9. The quantitative estimate of drug-likeness (QED) is 0.790. The summed E-state index contributed by atoms with van der Waals surface area (Å²) in [5, 5.41) is 0.205. The summed E-state index contributed by atoms with van der Waals surface area (Å²) in [6.07, 6.45) is 2.13. The van der Waals surface area contributed by atoms with Crippen LogP contribution in [0.2, 0.25) is 0 Å². The van der Waals surface area contributed by atoms with Crippen molar-refractivity contribution in [3.63, 3.8) is 0 Å². The number of likely N-dealkylation sites (N-methyl/N-ethyl adjacent to an activating group) is 1. The van der Waals surface area contributed by atoms with Gasteiger partial charge in [-0.15, -0.1) is 11.8 Å². The zero-order valence-electron chi connectivity index (χ0n) is 14.9. The average molecular weight is 348 g/mol. The van der Waals surface area contributed by atoms with Crippen molar-refractivity contribution in [2.24, 2.45) is 0 Å². The molecule has 132 valence electrons. The molecule has 0 radical (unpaired) electrons. The SMILES string of the molecule is CCc1ccc(C2SCC(=O)N2CCCN2CCN(C)CC2)cc1. The molecule has 0 aliphatic carbocycles. The summed E-state index contributed by atoms with van der Waals surface area (Å²) in [6, 6.07) is 8.79. The molecule has 2 fully saturated rings. The first kappa shape index (κ1) is 17.8. The van der Waals surface area contributed by atoms with Gasteiger partial charge in [-0.1, -0.05) is 31.2 Å². The van der Waals surface area contributed by atoms with Crippen molar-refractivity contribution < 1.29 is 4.79 Å². The van der Waals surface area contributed by atoms with Gasteiger partial charge in [0, 0.05) is 32.7 Å². The van der Waals surface area contributed by atoms with E-state index in [4.69, 9.17) is 0 Å². The van der Waals surface area contributed by atoms with E-state index in [-0.39, 0.29) is 5.37 Å². The summed E-state index contributed by atoms with van der Waals surface area (Å²) in [5.74, 6) is 0.914. The van der Waals surface area contributed by atoms with Crippen LogP contribution in [-0.2, 0) is 11.2 Å². The predicted molar refractivity (Wildman–Crippen MR) is 101 cm³/mol. The van der Waals surface area contributed by atoms with Crippen molar-refractivity contribution in [1.29, 1.82) is 0 Å². The maximum absolute atomic E-state index is 12.3. The van der Waals surface area contributed by atoms with Gasteiger partial charge in [0.2, 0.25) is 5.91 Å². The number of amides is 1. The van der Waals surface area contributed by atoms with Crippen LogP contribution in [0.3, 0.4) is 0 Å². The first-order valence-corrected chi connectivity index (χ1v) is 10.1. The van der Waals surface area contributed by atoms with Crippen molar-refractivity contribution in [1.82, 2.24) is 14.7 Å². The van der Waals surface area contributed by atoms with Crippen LogP contribution in [0.25, 0.3) is 0 Å². The molecule has 0 bridgehead atoms. The lowest BCUT2D eigenvalue weighted by molar-refractivity contribution is -0.128. The van der Waals surface area contributed by atoms with E-state index in [0.717, 1.165) is 52.1 Å². The molecule has 2 heterocycles. The number of nitrogens with zero attached hydrogens (tertiary/aromatic N) is 3. The Kier molecular flexibility index (Phi) is 6.19. The minimum absolute atomic E-state index is 0.205. The number of rotatable bonds is 6. The fourth-order valence-electron chi connectivity index (χ4n) is 3.43. The van der Waals surface area contributed by atoms with Gasteiger partial charge in [0.25, 0.3) is 0 Å². The summed E-state index contributed by atoms with van der Waals surface area (Å²) in [4.78, 5) is 19.3. The van der Waals surface area contributed by atoms with Gasteiger partial charge < -0.3 is 14.7 Å². The molecule has 4 nitrogen and oxygen atoms in total. The van der Waals surface area contributed by atoms with Gasteiger partial charge in [-0.2, -0.15) is 0 Å². The van der Waals surface area contributed by atoms with Crippen LogP contribution in [-0.4, -0.2) is 72.7 Å². The van der Waals surface area contributed by atoms with Gasteiger partial charge in [-0.3, -0.25) is 4.79 Å². The molecule has 2 aliphatic heterocycles. The van der Waals surface area contributed by atoms with Crippen molar-refractivity contribution in [3.05, 3.63) is 35.4 Å².